The molecule has 1 fully saturated rings. The van der Waals surface area contributed by atoms with Crippen LogP contribution in [-0.2, 0) is 4.74 Å². The van der Waals surface area contributed by atoms with Crippen molar-refractivity contribution in [1.29, 1.82) is 0 Å². The van der Waals surface area contributed by atoms with E-state index in [9.17, 15) is 4.79 Å². The van der Waals surface area contributed by atoms with E-state index in [0.717, 1.165) is 11.3 Å². The summed E-state index contributed by atoms with van der Waals surface area (Å²) in [6.07, 6.45) is 0.860. The Morgan fingerprint density at radius 3 is 2.94 bits per heavy atom. The number of anilines is 1. The lowest BCUT2D eigenvalue weighted by atomic mass is 10.0. The van der Waals surface area contributed by atoms with Crippen LogP contribution in [0.3, 0.4) is 0 Å². The van der Waals surface area contributed by atoms with Crippen molar-refractivity contribution in [2.24, 2.45) is 0 Å². The smallest absolute Gasteiger partial charge is 0.261 e. The fraction of sp³-hybridized carbons (Fsp3) is 0.545. The van der Waals surface area contributed by atoms with Crippen LogP contribution in [0.5, 0.6) is 0 Å². The van der Waals surface area contributed by atoms with E-state index in [4.69, 9.17) is 10.5 Å². The van der Waals surface area contributed by atoms with Gasteiger partial charge in [0, 0.05) is 17.2 Å². The summed E-state index contributed by atoms with van der Waals surface area (Å²) in [7, 11) is 0. The molecule has 1 atom stereocenters. The van der Waals surface area contributed by atoms with Crippen LogP contribution in [-0.4, -0.2) is 24.7 Å². The maximum Gasteiger partial charge on any atom is 0.261 e. The molecule has 4 nitrogen and oxygen atoms in total. The zero-order valence-corrected chi connectivity index (χ0v) is 10.3. The quantitative estimate of drug-likeness (QED) is 0.824. The second-order valence-electron chi connectivity index (χ2n) is 4.44. The first kappa shape index (κ1) is 11.4. The van der Waals surface area contributed by atoms with Crippen molar-refractivity contribution < 1.29 is 9.53 Å². The summed E-state index contributed by atoms with van der Waals surface area (Å²) in [5, 5.41) is 3.00. The van der Waals surface area contributed by atoms with E-state index in [1.54, 1.807) is 6.07 Å². The number of rotatable bonds is 2. The van der Waals surface area contributed by atoms with Gasteiger partial charge in [0.05, 0.1) is 17.0 Å². The predicted octanol–water partition coefficient (Wildman–Crippen LogP) is 1.55. The Balaban J connectivity index is 2.08. The summed E-state index contributed by atoms with van der Waals surface area (Å²) in [6.45, 7) is 5.21. The molecule has 0 radical (unpaired) electrons. The van der Waals surface area contributed by atoms with Crippen LogP contribution >= 0.6 is 11.3 Å². The van der Waals surface area contributed by atoms with Gasteiger partial charge in [-0.2, -0.15) is 0 Å². The molecule has 5 heteroatoms. The summed E-state index contributed by atoms with van der Waals surface area (Å²) in [4.78, 5) is 13.6. The second kappa shape index (κ2) is 4.07. The largest absolute Gasteiger partial charge is 0.398 e. The Hall–Kier alpha value is -1.07. The van der Waals surface area contributed by atoms with Crippen LogP contribution in [0.4, 0.5) is 5.69 Å². The first-order chi connectivity index (χ1) is 7.50. The van der Waals surface area contributed by atoms with Gasteiger partial charge in [-0.3, -0.25) is 4.79 Å². The van der Waals surface area contributed by atoms with Gasteiger partial charge < -0.3 is 15.8 Å². The number of nitrogens with two attached hydrogens (primary N) is 1. The molecule has 16 heavy (non-hydrogen) atoms. The molecule has 0 aliphatic carbocycles. The summed E-state index contributed by atoms with van der Waals surface area (Å²) >= 11 is 1.43. The highest BCUT2D eigenvalue weighted by atomic mass is 32.1. The second-order valence-corrected chi connectivity index (χ2v) is 5.70. The first-order valence-corrected chi connectivity index (χ1v) is 6.08. The third-order valence-electron chi connectivity index (χ3n) is 2.81. The number of carbonyl (C=O) groups is 1. The first-order valence-electron chi connectivity index (χ1n) is 5.26. The van der Waals surface area contributed by atoms with Gasteiger partial charge in [-0.15, -0.1) is 11.3 Å². The highest BCUT2D eigenvalue weighted by molar-refractivity contribution is 7.14. The fourth-order valence-corrected chi connectivity index (χ4v) is 2.55. The van der Waals surface area contributed by atoms with Crippen molar-refractivity contribution >= 4 is 22.9 Å². The topological polar surface area (TPSA) is 64.3 Å². The van der Waals surface area contributed by atoms with Crippen molar-refractivity contribution in [3.8, 4) is 0 Å². The normalized spacial score (nSPS) is 24.6. The zero-order chi connectivity index (χ0) is 11.8. The third-order valence-corrected chi connectivity index (χ3v) is 3.88. The lowest BCUT2D eigenvalue weighted by molar-refractivity contribution is 0.0894. The minimum Gasteiger partial charge on any atom is -0.398 e. The number of hydrogen-bond acceptors (Lipinski definition) is 4. The number of nitrogen functional groups attached to an aromatic ring is 1. The lowest BCUT2D eigenvalue weighted by Gasteiger charge is -2.22. The fourth-order valence-electron chi connectivity index (χ4n) is 1.71. The molecule has 3 N–H and O–H groups in total. The number of amides is 1. The van der Waals surface area contributed by atoms with Crippen molar-refractivity contribution in [1.82, 2.24) is 5.32 Å². The molecule has 0 aromatic carbocycles. The molecule has 1 aromatic rings. The zero-order valence-electron chi connectivity index (χ0n) is 9.50. The van der Waals surface area contributed by atoms with Crippen molar-refractivity contribution in [3.63, 3.8) is 0 Å². The average Bonchev–Trinajstić information content (AvgIpc) is 2.75. The van der Waals surface area contributed by atoms with Gasteiger partial charge in [0.1, 0.15) is 0 Å². The summed E-state index contributed by atoms with van der Waals surface area (Å²) < 4.78 is 5.29. The number of ether oxygens (including phenoxy) is 1. The minimum absolute atomic E-state index is 0.0576. The number of aryl methyl sites for hydroxylation is 1. The standard InChI is InChI=1S/C11H16N2O2S/c1-7-8(12)5-9(16-7)10(14)13-11(2)3-4-15-6-11/h5H,3-4,6,12H2,1-2H3,(H,13,14). The molecule has 1 aliphatic rings. The maximum atomic E-state index is 12.0. The molecule has 2 rings (SSSR count). The van der Waals surface area contributed by atoms with E-state index in [-0.39, 0.29) is 11.4 Å². The minimum atomic E-state index is -0.232. The lowest BCUT2D eigenvalue weighted by Crippen LogP contribution is -2.46. The van der Waals surface area contributed by atoms with Gasteiger partial charge in [0.25, 0.3) is 5.91 Å². The van der Waals surface area contributed by atoms with Crippen LogP contribution in [0.15, 0.2) is 6.07 Å². The maximum absolute atomic E-state index is 12.0. The molecule has 88 valence electrons. The van der Waals surface area contributed by atoms with E-state index >= 15 is 0 Å². The molecule has 1 aliphatic heterocycles. The van der Waals surface area contributed by atoms with E-state index < -0.39 is 0 Å². The predicted molar refractivity (Wildman–Crippen MR) is 64.8 cm³/mol. The number of nitrogens with one attached hydrogen (secondary N) is 1. The number of carbonyl (C=O) groups excluding carboxylic acids is 1. The Morgan fingerprint density at radius 2 is 2.44 bits per heavy atom. The molecule has 0 spiro atoms. The van der Waals surface area contributed by atoms with Gasteiger partial charge in [0.15, 0.2) is 0 Å². The highest BCUT2D eigenvalue weighted by Crippen LogP contribution is 2.25. The van der Waals surface area contributed by atoms with Crippen LogP contribution in [0.2, 0.25) is 0 Å². The Kier molecular flexibility index (Phi) is 2.90. The van der Waals surface area contributed by atoms with Crippen molar-refractivity contribution in [2.45, 2.75) is 25.8 Å². The average molecular weight is 240 g/mol. The molecule has 1 saturated heterocycles. The van der Waals surface area contributed by atoms with Gasteiger partial charge >= 0.3 is 0 Å². The van der Waals surface area contributed by atoms with Crippen LogP contribution in [0.1, 0.15) is 27.9 Å². The van der Waals surface area contributed by atoms with E-state index in [2.05, 4.69) is 5.32 Å². The van der Waals surface area contributed by atoms with Crippen molar-refractivity contribution in [3.05, 3.63) is 15.8 Å². The molecule has 1 aromatic heterocycles. The Bertz CT molecular complexity index is 389. The molecule has 0 saturated carbocycles. The Labute approximate surface area is 98.8 Å². The van der Waals surface area contributed by atoms with Crippen LogP contribution in [0, 0.1) is 6.92 Å². The SMILES string of the molecule is Cc1sc(C(=O)NC2(C)CCOC2)cc1N. The molecule has 1 unspecified atom stereocenters. The number of hydrogen-bond donors (Lipinski definition) is 2. The highest BCUT2D eigenvalue weighted by Gasteiger charge is 2.31. The molecule has 2 heterocycles. The van der Waals surface area contributed by atoms with E-state index in [1.165, 1.54) is 11.3 Å². The van der Waals surface area contributed by atoms with Gasteiger partial charge in [0.2, 0.25) is 0 Å². The monoisotopic (exact) mass is 240 g/mol. The van der Waals surface area contributed by atoms with Crippen LogP contribution < -0.4 is 11.1 Å². The van der Waals surface area contributed by atoms with Crippen LogP contribution in [0.25, 0.3) is 0 Å². The summed E-state index contributed by atoms with van der Waals surface area (Å²) in [5.74, 6) is -0.0576. The van der Waals surface area contributed by atoms with E-state index in [0.29, 0.717) is 23.8 Å². The van der Waals surface area contributed by atoms with Crippen molar-refractivity contribution in [2.75, 3.05) is 18.9 Å². The summed E-state index contributed by atoms with van der Waals surface area (Å²) in [5.41, 5.74) is 6.18. The molecular weight excluding hydrogens is 224 g/mol. The Morgan fingerprint density at radius 1 is 1.69 bits per heavy atom. The number of thiophene rings is 1. The van der Waals surface area contributed by atoms with E-state index in [1.807, 2.05) is 13.8 Å². The molecule has 1 amide bonds. The molecule has 0 bridgehead atoms. The van der Waals surface area contributed by atoms with Gasteiger partial charge in [-0.05, 0) is 26.3 Å². The van der Waals surface area contributed by atoms with Gasteiger partial charge in [-0.1, -0.05) is 0 Å². The summed E-state index contributed by atoms with van der Waals surface area (Å²) in [6, 6.07) is 1.73. The molecular formula is C11H16N2O2S. The van der Waals surface area contributed by atoms with Gasteiger partial charge in [-0.25, -0.2) is 0 Å². The third kappa shape index (κ3) is 2.20.